The predicted molar refractivity (Wildman–Crippen MR) is 60.5 cm³/mol. The van der Waals surface area contributed by atoms with Gasteiger partial charge >= 0.3 is 5.97 Å². The fraction of sp³-hybridized carbons (Fsp3) is 0.833. The van der Waals surface area contributed by atoms with Gasteiger partial charge in [0.05, 0.1) is 12.2 Å². The molecule has 96 valence electrons. The van der Waals surface area contributed by atoms with E-state index >= 15 is 0 Å². The molecule has 0 bridgehead atoms. The average molecular weight is 241 g/mol. The molecule has 0 aromatic heterocycles. The molecular weight excluding hydrogens is 222 g/mol. The molecule has 2 fully saturated rings. The van der Waals surface area contributed by atoms with Gasteiger partial charge in [0, 0.05) is 13.1 Å². The summed E-state index contributed by atoms with van der Waals surface area (Å²) in [7, 11) is 0. The Bertz CT molecular complexity index is 346. The molecule has 0 radical (unpaired) electrons. The molecule has 0 spiro atoms. The van der Waals surface area contributed by atoms with Crippen LogP contribution in [0.25, 0.3) is 0 Å². The van der Waals surface area contributed by atoms with Gasteiger partial charge in [0.15, 0.2) is 0 Å². The molecule has 1 N–H and O–H groups in total. The Balaban J connectivity index is 2.12. The highest BCUT2D eigenvalue weighted by Crippen LogP contribution is 2.43. The smallest absolute Gasteiger partial charge is 0.319 e. The minimum Gasteiger partial charge on any atom is -0.480 e. The molecule has 1 saturated heterocycles. The van der Waals surface area contributed by atoms with E-state index in [0.29, 0.717) is 32.5 Å². The summed E-state index contributed by atoms with van der Waals surface area (Å²) in [4.78, 5) is 25.2. The lowest BCUT2D eigenvalue weighted by molar-refractivity contribution is -0.174. The van der Waals surface area contributed by atoms with Gasteiger partial charge in [0.25, 0.3) is 0 Å². The van der Waals surface area contributed by atoms with Crippen LogP contribution in [0, 0.1) is 5.41 Å². The van der Waals surface area contributed by atoms with Crippen LogP contribution in [0.2, 0.25) is 0 Å². The number of morpholine rings is 1. The molecule has 5 heteroatoms. The number of rotatable bonds is 2. The van der Waals surface area contributed by atoms with Gasteiger partial charge in [-0.1, -0.05) is 6.42 Å². The van der Waals surface area contributed by atoms with E-state index in [1.807, 2.05) is 13.8 Å². The van der Waals surface area contributed by atoms with Gasteiger partial charge in [-0.2, -0.15) is 0 Å². The van der Waals surface area contributed by atoms with Crippen LogP contribution in [0.3, 0.4) is 0 Å². The third kappa shape index (κ3) is 2.04. The molecule has 1 saturated carbocycles. The number of aliphatic carboxylic acids is 1. The van der Waals surface area contributed by atoms with Crippen LogP contribution in [-0.2, 0) is 14.3 Å². The summed E-state index contributed by atoms with van der Waals surface area (Å²) in [5.74, 6) is -1.20. The Labute approximate surface area is 101 Å². The molecule has 1 aliphatic carbocycles. The minimum atomic E-state index is -1.15. The zero-order valence-electron chi connectivity index (χ0n) is 10.4. The molecule has 2 rings (SSSR count). The third-order valence-electron chi connectivity index (χ3n) is 3.74. The van der Waals surface area contributed by atoms with Gasteiger partial charge in [-0.3, -0.25) is 9.59 Å². The van der Waals surface area contributed by atoms with E-state index in [1.165, 1.54) is 0 Å². The molecule has 5 nitrogen and oxygen atoms in total. The Kier molecular flexibility index (Phi) is 2.89. The van der Waals surface area contributed by atoms with Crippen molar-refractivity contribution in [2.45, 2.75) is 38.7 Å². The monoisotopic (exact) mass is 241 g/mol. The third-order valence-corrected chi connectivity index (χ3v) is 3.74. The normalized spacial score (nSPS) is 26.1. The van der Waals surface area contributed by atoms with Crippen LogP contribution in [0.5, 0.6) is 0 Å². The van der Waals surface area contributed by atoms with Crippen molar-refractivity contribution in [3.8, 4) is 0 Å². The molecule has 0 aromatic carbocycles. The van der Waals surface area contributed by atoms with Gasteiger partial charge in [-0.25, -0.2) is 0 Å². The number of hydrogen-bond donors (Lipinski definition) is 1. The Morgan fingerprint density at radius 2 is 1.94 bits per heavy atom. The van der Waals surface area contributed by atoms with Crippen molar-refractivity contribution < 1.29 is 19.4 Å². The summed E-state index contributed by atoms with van der Waals surface area (Å²) < 4.78 is 5.53. The maximum Gasteiger partial charge on any atom is 0.319 e. The Morgan fingerprint density at radius 3 is 2.35 bits per heavy atom. The fourth-order valence-corrected chi connectivity index (χ4v) is 2.54. The van der Waals surface area contributed by atoms with Gasteiger partial charge < -0.3 is 14.7 Å². The highest BCUT2D eigenvalue weighted by molar-refractivity contribution is 6.02. The second kappa shape index (κ2) is 3.98. The first-order valence-corrected chi connectivity index (χ1v) is 6.04. The quantitative estimate of drug-likeness (QED) is 0.729. The average Bonchev–Trinajstić information content (AvgIpc) is 2.13. The summed E-state index contributed by atoms with van der Waals surface area (Å²) in [6.07, 6.45) is 1.77. The van der Waals surface area contributed by atoms with E-state index in [0.717, 1.165) is 6.42 Å². The number of carboxylic acid groups (broad SMARTS) is 1. The number of carbonyl (C=O) groups is 2. The number of ether oxygens (including phenoxy) is 1. The predicted octanol–water partition coefficient (Wildman–Crippen LogP) is 0.879. The van der Waals surface area contributed by atoms with Crippen molar-refractivity contribution in [2.24, 2.45) is 5.41 Å². The zero-order valence-corrected chi connectivity index (χ0v) is 10.4. The topological polar surface area (TPSA) is 66.8 Å². The van der Waals surface area contributed by atoms with Crippen LogP contribution in [0.4, 0.5) is 0 Å². The van der Waals surface area contributed by atoms with E-state index in [1.54, 1.807) is 4.90 Å². The second-order valence-electron chi connectivity index (χ2n) is 5.58. The maximum atomic E-state index is 12.3. The molecule has 0 atom stereocenters. The number of nitrogens with zero attached hydrogens (tertiary/aromatic N) is 1. The molecular formula is C12H19NO4. The Hall–Kier alpha value is -1.10. The summed E-state index contributed by atoms with van der Waals surface area (Å²) in [6.45, 7) is 5.29. The van der Waals surface area contributed by atoms with Crippen LogP contribution in [0.1, 0.15) is 33.1 Å². The van der Waals surface area contributed by atoms with Gasteiger partial charge in [0.2, 0.25) is 5.91 Å². The highest BCUT2D eigenvalue weighted by Gasteiger charge is 2.53. The lowest BCUT2D eigenvalue weighted by Gasteiger charge is -2.44. The number of hydrogen-bond acceptors (Lipinski definition) is 3. The van der Waals surface area contributed by atoms with Gasteiger partial charge in [-0.05, 0) is 26.7 Å². The minimum absolute atomic E-state index is 0.229. The highest BCUT2D eigenvalue weighted by atomic mass is 16.5. The molecule has 2 aliphatic rings. The van der Waals surface area contributed by atoms with Crippen LogP contribution >= 0.6 is 0 Å². The SMILES string of the molecule is CC1(C)CN(C(=O)C2(C(=O)O)CCC2)CCO1. The lowest BCUT2D eigenvalue weighted by atomic mass is 9.67. The first-order valence-electron chi connectivity index (χ1n) is 6.04. The number of amides is 1. The lowest BCUT2D eigenvalue weighted by Crippen LogP contribution is -2.58. The van der Waals surface area contributed by atoms with Crippen LogP contribution in [0.15, 0.2) is 0 Å². The van der Waals surface area contributed by atoms with Crippen molar-refractivity contribution in [2.75, 3.05) is 19.7 Å². The van der Waals surface area contributed by atoms with E-state index in [2.05, 4.69) is 0 Å². The summed E-state index contributed by atoms with van der Waals surface area (Å²) in [5, 5.41) is 9.24. The van der Waals surface area contributed by atoms with E-state index in [-0.39, 0.29) is 11.5 Å². The van der Waals surface area contributed by atoms with E-state index in [4.69, 9.17) is 4.74 Å². The first kappa shape index (κ1) is 12.4. The summed E-state index contributed by atoms with van der Waals surface area (Å²) in [5.41, 5.74) is -1.52. The van der Waals surface area contributed by atoms with Crippen molar-refractivity contribution >= 4 is 11.9 Å². The van der Waals surface area contributed by atoms with Gasteiger partial charge in [0.1, 0.15) is 5.41 Å². The first-order chi connectivity index (χ1) is 7.87. The van der Waals surface area contributed by atoms with Crippen molar-refractivity contribution in [1.29, 1.82) is 0 Å². The van der Waals surface area contributed by atoms with E-state index < -0.39 is 11.4 Å². The standard InChI is InChI=1S/C12H19NO4/c1-11(2)8-13(6-7-17-11)9(14)12(10(15)16)4-3-5-12/h3-8H2,1-2H3,(H,15,16). The fourth-order valence-electron chi connectivity index (χ4n) is 2.54. The second-order valence-corrected chi connectivity index (χ2v) is 5.58. The molecule has 17 heavy (non-hydrogen) atoms. The largest absolute Gasteiger partial charge is 0.480 e. The van der Waals surface area contributed by atoms with Crippen molar-refractivity contribution in [3.63, 3.8) is 0 Å². The maximum absolute atomic E-state index is 12.3. The summed E-state index contributed by atoms with van der Waals surface area (Å²) >= 11 is 0. The Morgan fingerprint density at radius 1 is 1.29 bits per heavy atom. The molecule has 1 aliphatic heterocycles. The van der Waals surface area contributed by atoms with Crippen LogP contribution in [-0.4, -0.2) is 47.2 Å². The van der Waals surface area contributed by atoms with Crippen LogP contribution < -0.4 is 0 Å². The van der Waals surface area contributed by atoms with Gasteiger partial charge in [-0.15, -0.1) is 0 Å². The summed E-state index contributed by atoms with van der Waals surface area (Å²) in [6, 6.07) is 0. The molecule has 0 aromatic rings. The van der Waals surface area contributed by atoms with E-state index in [9.17, 15) is 14.7 Å². The number of carbonyl (C=O) groups excluding carboxylic acids is 1. The molecule has 0 unspecified atom stereocenters. The molecule has 1 heterocycles. The molecule has 1 amide bonds. The zero-order chi connectivity index (χ0) is 12.7. The van der Waals surface area contributed by atoms with Crippen molar-refractivity contribution in [3.05, 3.63) is 0 Å². The number of carboxylic acids is 1. The van der Waals surface area contributed by atoms with Crippen molar-refractivity contribution in [1.82, 2.24) is 4.90 Å².